The van der Waals surface area contributed by atoms with Crippen LogP contribution in [-0.2, 0) is 46.1 Å². The first-order chi connectivity index (χ1) is 40.8. The molecule has 5 rings (SSSR count). The van der Waals surface area contributed by atoms with Gasteiger partial charge in [0.25, 0.3) is 0 Å². The molecule has 0 aromatic heterocycles. The molecule has 0 amide bonds. The quantitative estimate of drug-likeness (QED) is 0.0201. The molecule has 0 unspecified atom stereocenters. The van der Waals surface area contributed by atoms with Gasteiger partial charge in [-0.05, 0) is 141 Å². The Morgan fingerprint density at radius 1 is 0.333 bits per heavy atom. The molecule has 4 aromatic rings. The number of para-hydroxylation sites is 2. The van der Waals surface area contributed by atoms with E-state index in [-0.39, 0.29) is 20.4 Å². The number of rotatable bonds is 44. The number of benzene rings is 4. The molecule has 1 aliphatic heterocycles. The van der Waals surface area contributed by atoms with Crippen molar-refractivity contribution in [3.63, 3.8) is 0 Å². The van der Waals surface area contributed by atoms with Crippen LogP contribution < -0.4 is 0 Å². The zero-order valence-corrected chi connectivity index (χ0v) is 56.3. The van der Waals surface area contributed by atoms with Gasteiger partial charge in [0.15, 0.2) is 0 Å². The number of hydrogen-bond donors (Lipinski definition) is 2. The number of nitrogens with zero attached hydrogens (tertiary/aromatic N) is 2. The Morgan fingerprint density at radius 3 is 0.917 bits per heavy atom. The topological polar surface area (TPSA) is 65.8 Å². The van der Waals surface area contributed by atoms with Gasteiger partial charge in [-0.3, -0.25) is 0 Å². The molecule has 0 atom stereocenters. The average molecular weight is 1240 g/mol. The third-order valence-corrected chi connectivity index (χ3v) is 16.6. The molecule has 2 N–H and O–H groups in total. The van der Waals surface area contributed by atoms with Crippen LogP contribution in [0.1, 0.15) is 325 Å². The van der Waals surface area contributed by atoms with E-state index in [2.05, 4.69) is 89.8 Å². The first-order valence-corrected chi connectivity index (χ1v) is 35.0. The van der Waals surface area contributed by atoms with Crippen LogP contribution in [0, 0.1) is 11.8 Å². The first kappa shape index (κ1) is 75.9. The molecule has 4 nitrogen and oxygen atoms in total. The second kappa shape index (κ2) is 52.0. The minimum Gasteiger partial charge on any atom is -0.508 e. The third kappa shape index (κ3) is 34.8. The summed E-state index contributed by atoms with van der Waals surface area (Å²) in [5.41, 5.74) is 25.0. The largest absolute Gasteiger partial charge is 0.508 e. The minimum atomic E-state index is 0. The second-order valence-corrected chi connectivity index (χ2v) is 24.4. The Labute approximate surface area is 531 Å². The summed E-state index contributed by atoms with van der Waals surface area (Å²) in [7, 11) is 0. The van der Waals surface area contributed by atoms with Gasteiger partial charge in [-0.1, -0.05) is 301 Å². The summed E-state index contributed by atoms with van der Waals surface area (Å²) in [6.07, 6.45) is 55.7. The van der Waals surface area contributed by atoms with Crippen LogP contribution >= 0.6 is 0 Å². The number of aryl methyl sites for hydroxylation is 4. The number of unbranched alkanes of at least 4 members (excludes halogenated alkanes) is 32. The molecule has 0 saturated carbocycles. The molecule has 0 aliphatic carbocycles. The molecule has 470 valence electrons. The minimum absolute atomic E-state index is 0. The van der Waals surface area contributed by atoms with E-state index >= 15 is 0 Å². The number of phenolic OH excluding ortho intramolecular Hbond substituents is 2. The first-order valence-electron chi connectivity index (χ1n) is 35.0. The van der Waals surface area contributed by atoms with Gasteiger partial charge in [0.2, 0.25) is 11.4 Å². The molecule has 0 spiro atoms. The Hall–Kier alpha value is -4.22. The molecule has 0 saturated heterocycles. The zero-order chi connectivity index (χ0) is 59.6. The monoisotopic (exact) mass is 1240 g/mol. The molecule has 84 heavy (non-hydrogen) atoms. The van der Waals surface area contributed by atoms with E-state index in [0.717, 1.165) is 73.9 Å². The Bertz CT molecular complexity index is 2280. The average Bonchev–Trinajstić information content (AvgIpc) is 2.27. The van der Waals surface area contributed by atoms with Crippen LogP contribution in [0.4, 0.5) is 0 Å². The van der Waals surface area contributed by atoms with E-state index < -0.39 is 0 Å². The van der Waals surface area contributed by atoms with Crippen molar-refractivity contribution in [3.05, 3.63) is 147 Å². The fourth-order valence-corrected chi connectivity index (χ4v) is 11.5. The number of allylic oxidation sites excluding steroid dienone is 2. The van der Waals surface area contributed by atoms with Gasteiger partial charge in [-0.2, -0.15) is 0 Å². The van der Waals surface area contributed by atoms with Crippen LogP contribution in [0.15, 0.2) is 108 Å². The summed E-state index contributed by atoms with van der Waals surface area (Å²) in [5, 5.41) is 17.3. The summed E-state index contributed by atoms with van der Waals surface area (Å²) >= 11 is 0. The normalized spacial score (nSPS) is 11.9. The molecular weight excluding hydrogens is 1120 g/mol. The SMILES string of the molecule is CCCCCCCCCCCCCCCCCCCCCCCCCC#CC1=C(c2cc(CCCC)cc(CCCC)c2)[N+](=[N-])C(c2cc(CCCC)cc(CCCC)c2)=C1CCCCCCCC.Oc1ccccc1.Oc1ccccc1.[Pd]. The van der Waals surface area contributed by atoms with Crippen molar-refractivity contribution >= 4 is 11.4 Å². The van der Waals surface area contributed by atoms with Crippen molar-refractivity contribution in [2.24, 2.45) is 0 Å². The summed E-state index contributed by atoms with van der Waals surface area (Å²) in [6, 6.07) is 31.9. The molecule has 4 aromatic carbocycles. The maximum absolute atomic E-state index is 12.8. The Morgan fingerprint density at radius 2 is 0.619 bits per heavy atom. The van der Waals surface area contributed by atoms with Crippen molar-refractivity contribution in [2.45, 2.75) is 318 Å². The van der Waals surface area contributed by atoms with Crippen LogP contribution in [0.5, 0.6) is 11.5 Å². The van der Waals surface area contributed by atoms with Crippen LogP contribution in [-0.4, -0.2) is 14.9 Å². The second-order valence-electron chi connectivity index (χ2n) is 24.4. The molecule has 1 heterocycles. The number of phenols is 2. The summed E-state index contributed by atoms with van der Waals surface area (Å²) < 4.78 is 1.61. The van der Waals surface area contributed by atoms with Crippen molar-refractivity contribution in [3.8, 4) is 23.3 Å². The van der Waals surface area contributed by atoms with Gasteiger partial charge in [0, 0.05) is 43.5 Å². The van der Waals surface area contributed by atoms with Crippen molar-refractivity contribution in [1.82, 2.24) is 0 Å². The van der Waals surface area contributed by atoms with Gasteiger partial charge in [-0.25, -0.2) is 4.70 Å². The third-order valence-electron chi connectivity index (χ3n) is 16.6. The van der Waals surface area contributed by atoms with Crippen LogP contribution in [0.3, 0.4) is 0 Å². The van der Waals surface area contributed by atoms with Gasteiger partial charge >= 0.3 is 0 Å². The van der Waals surface area contributed by atoms with E-state index in [1.54, 1.807) is 53.2 Å². The van der Waals surface area contributed by atoms with E-state index in [4.69, 9.17) is 10.2 Å². The standard InChI is InChI=1S/C67H110N2.2C6H6O.Pd/c1-7-13-19-21-23-24-25-26-27-28-29-30-31-32-33-34-35-36-37-38-39-40-41-43-45-51-65-64(50-44-42-22-20-14-8-2)66(62-54-58(46-15-9-3)52-59(55-62)47-16-10-4)69(68)67(65)63-56-60(48-17-11-5)53-61(57-63)49-18-12-6;2*7-6-4-2-1-3-5-6;/h52-57H,7-44,46-50H2,1-6H3;2*1-5,7H;. The molecule has 0 bridgehead atoms. The molecule has 5 heteroatoms. The van der Waals surface area contributed by atoms with Crippen molar-refractivity contribution < 1.29 is 35.3 Å². The smallest absolute Gasteiger partial charge is 0.223 e. The van der Waals surface area contributed by atoms with Gasteiger partial charge < -0.3 is 15.7 Å². The van der Waals surface area contributed by atoms with Gasteiger partial charge in [0.1, 0.15) is 17.1 Å². The van der Waals surface area contributed by atoms with E-state index in [1.165, 1.54) is 258 Å². The predicted molar refractivity (Wildman–Crippen MR) is 363 cm³/mol. The van der Waals surface area contributed by atoms with Crippen LogP contribution in [0.25, 0.3) is 16.9 Å². The maximum atomic E-state index is 12.8. The van der Waals surface area contributed by atoms with Crippen LogP contribution in [0.2, 0.25) is 0 Å². The molecular formula is C79H122N2O2Pd. The van der Waals surface area contributed by atoms with Crippen molar-refractivity contribution in [2.75, 3.05) is 0 Å². The molecule has 0 fully saturated rings. The molecule has 0 radical (unpaired) electrons. The Kier molecular flexibility index (Phi) is 46.9. The zero-order valence-electron chi connectivity index (χ0n) is 54.7. The summed E-state index contributed by atoms with van der Waals surface area (Å²) in [5.74, 6) is 8.20. The number of aromatic hydroxyl groups is 2. The fourth-order valence-electron chi connectivity index (χ4n) is 11.5. The van der Waals surface area contributed by atoms with E-state index in [1.807, 2.05) is 12.1 Å². The van der Waals surface area contributed by atoms with Gasteiger partial charge in [0.05, 0.1) is 0 Å². The summed E-state index contributed by atoms with van der Waals surface area (Å²) in [4.78, 5) is 0. The molecule has 1 aliphatic rings. The maximum Gasteiger partial charge on any atom is 0.223 e. The van der Waals surface area contributed by atoms with E-state index in [0.29, 0.717) is 11.5 Å². The number of hydrogen-bond acceptors (Lipinski definition) is 2. The predicted octanol–water partition coefficient (Wildman–Crippen LogP) is 25.1. The Balaban J connectivity index is 0.00000139. The van der Waals surface area contributed by atoms with E-state index in [9.17, 15) is 5.53 Å². The van der Waals surface area contributed by atoms with Gasteiger partial charge in [-0.15, -0.1) is 0 Å². The fraction of sp³-hybridized carbons (Fsp3) is 0.620. The summed E-state index contributed by atoms with van der Waals surface area (Å²) in [6.45, 7) is 13.8. The van der Waals surface area contributed by atoms with Crippen molar-refractivity contribution in [1.29, 1.82) is 0 Å².